The standard InChI is InChI=1S/C25H25N3O3S/c29-23(28-11-8-22-19(15-28)9-12-32-22)7-10-26-25(31)20-13-17-3-1-2-4-18(17)14-21(20)27-24(30)16-5-6-16/h1-4,9,12-14,16H,5-8,10-11,15H2,(H,26,31)(H,27,30). The predicted octanol–water partition coefficient (Wildman–Crippen LogP) is 3.95. The zero-order chi connectivity index (χ0) is 22.1. The molecule has 7 heteroatoms. The van der Waals surface area contributed by atoms with Crippen LogP contribution in [0.4, 0.5) is 5.69 Å². The summed E-state index contributed by atoms with van der Waals surface area (Å²) in [5.74, 6) is -0.234. The van der Waals surface area contributed by atoms with Gasteiger partial charge < -0.3 is 15.5 Å². The van der Waals surface area contributed by atoms with E-state index in [1.54, 1.807) is 17.4 Å². The highest BCUT2D eigenvalue weighted by Gasteiger charge is 2.30. The minimum atomic E-state index is -0.284. The Labute approximate surface area is 190 Å². The van der Waals surface area contributed by atoms with E-state index in [9.17, 15) is 14.4 Å². The number of rotatable bonds is 6. The van der Waals surface area contributed by atoms with Crippen molar-refractivity contribution in [1.29, 1.82) is 0 Å². The second-order valence-electron chi connectivity index (χ2n) is 8.45. The van der Waals surface area contributed by atoms with Crippen molar-refractivity contribution in [2.45, 2.75) is 32.2 Å². The van der Waals surface area contributed by atoms with E-state index in [1.807, 2.05) is 35.2 Å². The fourth-order valence-corrected chi connectivity index (χ4v) is 5.00. The molecule has 2 heterocycles. The number of carbonyl (C=O) groups is 3. The van der Waals surface area contributed by atoms with E-state index >= 15 is 0 Å². The van der Waals surface area contributed by atoms with Crippen molar-refractivity contribution in [2.75, 3.05) is 18.4 Å². The quantitative estimate of drug-likeness (QED) is 0.601. The van der Waals surface area contributed by atoms with Gasteiger partial charge in [0.2, 0.25) is 11.8 Å². The molecule has 1 aliphatic carbocycles. The Bertz CT molecular complexity index is 1200. The molecule has 1 aliphatic heterocycles. The second-order valence-corrected chi connectivity index (χ2v) is 9.45. The van der Waals surface area contributed by atoms with Gasteiger partial charge in [-0.3, -0.25) is 14.4 Å². The van der Waals surface area contributed by atoms with Crippen LogP contribution in [0.3, 0.4) is 0 Å². The lowest BCUT2D eigenvalue weighted by Crippen LogP contribution is -2.37. The molecular weight excluding hydrogens is 422 g/mol. The number of fused-ring (bicyclic) bond motifs is 2. The molecule has 32 heavy (non-hydrogen) atoms. The van der Waals surface area contributed by atoms with Crippen LogP contribution in [0.5, 0.6) is 0 Å². The topological polar surface area (TPSA) is 78.5 Å². The van der Waals surface area contributed by atoms with Gasteiger partial charge in [-0.25, -0.2) is 0 Å². The summed E-state index contributed by atoms with van der Waals surface area (Å²) < 4.78 is 0. The summed E-state index contributed by atoms with van der Waals surface area (Å²) in [4.78, 5) is 41.2. The van der Waals surface area contributed by atoms with Crippen molar-refractivity contribution in [1.82, 2.24) is 10.2 Å². The van der Waals surface area contributed by atoms with E-state index in [1.165, 1.54) is 10.4 Å². The van der Waals surface area contributed by atoms with E-state index in [0.29, 0.717) is 17.8 Å². The smallest absolute Gasteiger partial charge is 0.253 e. The van der Waals surface area contributed by atoms with Crippen LogP contribution in [-0.4, -0.2) is 35.7 Å². The van der Waals surface area contributed by atoms with Crippen LogP contribution in [0.25, 0.3) is 10.8 Å². The summed E-state index contributed by atoms with van der Waals surface area (Å²) >= 11 is 1.75. The van der Waals surface area contributed by atoms with Crippen LogP contribution < -0.4 is 10.6 Å². The van der Waals surface area contributed by atoms with E-state index in [2.05, 4.69) is 22.1 Å². The maximum atomic E-state index is 13.0. The van der Waals surface area contributed by atoms with Gasteiger partial charge in [-0.2, -0.15) is 0 Å². The van der Waals surface area contributed by atoms with E-state index in [-0.39, 0.29) is 36.6 Å². The van der Waals surface area contributed by atoms with Crippen molar-refractivity contribution in [3.05, 3.63) is 63.8 Å². The van der Waals surface area contributed by atoms with Gasteiger partial charge in [0.15, 0.2) is 0 Å². The number of nitrogens with one attached hydrogen (secondary N) is 2. The highest BCUT2D eigenvalue weighted by atomic mass is 32.1. The zero-order valence-electron chi connectivity index (χ0n) is 17.7. The van der Waals surface area contributed by atoms with E-state index in [0.717, 1.165) is 36.6 Å². The van der Waals surface area contributed by atoms with Gasteiger partial charge in [0.25, 0.3) is 5.91 Å². The average molecular weight is 448 g/mol. The number of carbonyl (C=O) groups excluding carboxylic acids is 3. The molecule has 0 unspecified atom stereocenters. The van der Waals surface area contributed by atoms with Gasteiger partial charge in [0, 0.05) is 36.9 Å². The molecule has 1 fully saturated rings. The Balaban J connectivity index is 1.25. The SMILES string of the molecule is O=C(NCCC(=O)N1CCc2sccc2C1)c1cc2ccccc2cc1NC(=O)C1CC1. The maximum Gasteiger partial charge on any atom is 0.253 e. The molecule has 0 bridgehead atoms. The molecule has 3 amide bonds. The third-order valence-electron chi connectivity index (χ3n) is 6.12. The first-order valence-corrected chi connectivity index (χ1v) is 11.9. The van der Waals surface area contributed by atoms with Crippen LogP contribution >= 0.6 is 11.3 Å². The van der Waals surface area contributed by atoms with Gasteiger partial charge in [0.1, 0.15) is 0 Å². The molecule has 2 N–H and O–H groups in total. The monoisotopic (exact) mass is 447 g/mol. The Morgan fingerprint density at radius 3 is 2.62 bits per heavy atom. The summed E-state index contributed by atoms with van der Waals surface area (Å²) in [7, 11) is 0. The molecule has 2 aromatic carbocycles. The van der Waals surface area contributed by atoms with Crippen molar-refractivity contribution < 1.29 is 14.4 Å². The van der Waals surface area contributed by atoms with Crippen LogP contribution in [-0.2, 0) is 22.6 Å². The van der Waals surface area contributed by atoms with Crippen molar-refractivity contribution in [3.63, 3.8) is 0 Å². The molecule has 0 spiro atoms. The summed E-state index contributed by atoms with van der Waals surface area (Å²) in [5.41, 5.74) is 2.17. The lowest BCUT2D eigenvalue weighted by molar-refractivity contribution is -0.132. The molecule has 164 valence electrons. The van der Waals surface area contributed by atoms with Crippen molar-refractivity contribution in [2.24, 2.45) is 5.92 Å². The van der Waals surface area contributed by atoms with Gasteiger partial charge in [-0.05, 0) is 59.2 Å². The van der Waals surface area contributed by atoms with Gasteiger partial charge >= 0.3 is 0 Å². The van der Waals surface area contributed by atoms with Gasteiger partial charge in [-0.15, -0.1) is 11.3 Å². The Hall–Kier alpha value is -3.19. The Morgan fingerprint density at radius 1 is 1.06 bits per heavy atom. The fourth-order valence-electron chi connectivity index (χ4n) is 4.11. The lowest BCUT2D eigenvalue weighted by Gasteiger charge is -2.27. The number of benzene rings is 2. The first-order chi connectivity index (χ1) is 15.6. The number of amides is 3. The number of anilines is 1. The minimum absolute atomic E-state index is 0.0394. The minimum Gasteiger partial charge on any atom is -0.351 e. The third kappa shape index (κ3) is 4.39. The highest BCUT2D eigenvalue weighted by Crippen LogP contribution is 2.32. The zero-order valence-corrected chi connectivity index (χ0v) is 18.5. The van der Waals surface area contributed by atoms with E-state index < -0.39 is 0 Å². The van der Waals surface area contributed by atoms with Crippen LogP contribution in [0.2, 0.25) is 0 Å². The summed E-state index contributed by atoms with van der Waals surface area (Å²) in [5, 5.41) is 9.76. The lowest BCUT2D eigenvalue weighted by atomic mass is 10.0. The molecule has 6 nitrogen and oxygen atoms in total. The molecule has 3 aromatic rings. The third-order valence-corrected chi connectivity index (χ3v) is 7.14. The number of hydrogen-bond acceptors (Lipinski definition) is 4. The first kappa shape index (κ1) is 20.7. The van der Waals surface area contributed by atoms with Crippen LogP contribution in [0.1, 0.15) is 40.1 Å². The number of nitrogens with zero attached hydrogens (tertiary/aromatic N) is 1. The second kappa shape index (κ2) is 8.74. The summed E-state index contributed by atoms with van der Waals surface area (Å²) in [6, 6.07) is 13.5. The molecule has 5 rings (SSSR count). The van der Waals surface area contributed by atoms with Gasteiger partial charge in [-0.1, -0.05) is 24.3 Å². The molecule has 2 aliphatic rings. The molecular formula is C25H25N3O3S. The van der Waals surface area contributed by atoms with Crippen LogP contribution in [0, 0.1) is 5.92 Å². The average Bonchev–Trinajstić information content (AvgIpc) is 3.55. The van der Waals surface area contributed by atoms with E-state index in [4.69, 9.17) is 0 Å². The first-order valence-electron chi connectivity index (χ1n) is 11.0. The predicted molar refractivity (Wildman–Crippen MR) is 126 cm³/mol. The molecule has 1 aromatic heterocycles. The Kier molecular flexibility index (Phi) is 5.66. The number of hydrogen-bond donors (Lipinski definition) is 2. The molecule has 0 saturated heterocycles. The normalized spacial score (nSPS) is 15.3. The van der Waals surface area contributed by atoms with Crippen molar-refractivity contribution in [3.8, 4) is 0 Å². The van der Waals surface area contributed by atoms with Crippen LogP contribution in [0.15, 0.2) is 47.8 Å². The largest absolute Gasteiger partial charge is 0.351 e. The fraction of sp³-hybridized carbons (Fsp3) is 0.320. The van der Waals surface area contributed by atoms with Gasteiger partial charge in [0.05, 0.1) is 11.3 Å². The van der Waals surface area contributed by atoms with Crippen molar-refractivity contribution >= 4 is 45.5 Å². The molecule has 1 saturated carbocycles. The summed E-state index contributed by atoms with van der Waals surface area (Å²) in [6.45, 7) is 1.63. The summed E-state index contributed by atoms with van der Waals surface area (Å²) in [6.07, 6.45) is 2.94. The Morgan fingerprint density at radius 2 is 1.84 bits per heavy atom. The molecule has 0 radical (unpaired) electrons. The number of thiophene rings is 1. The molecule has 0 atom stereocenters. The maximum absolute atomic E-state index is 13.0. The highest BCUT2D eigenvalue weighted by molar-refractivity contribution is 7.10.